The second-order valence-electron chi connectivity index (χ2n) is 6.55. The topological polar surface area (TPSA) is 61.0 Å². The van der Waals surface area contributed by atoms with Crippen molar-refractivity contribution in [2.24, 2.45) is 0 Å². The molecule has 0 aliphatic rings. The van der Waals surface area contributed by atoms with Crippen molar-refractivity contribution >= 4 is 22.6 Å². The number of nitrogens with one attached hydrogen (secondary N) is 2. The summed E-state index contributed by atoms with van der Waals surface area (Å²) in [5.41, 5.74) is 3.11. The summed E-state index contributed by atoms with van der Waals surface area (Å²) in [7, 11) is 1.85. The van der Waals surface area contributed by atoms with Gasteiger partial charge in [0.2, 0.25) is 0 Å². The fraction of sp³-hybridized carbons (Fsp3) is 0.333. The summed E-state index contributed by atoms with van der Waals surface area (Å²) in [6, 6.07) is 11.9. The molecule has 0 unspecified atom stereocenters. The second-order valence-corrected chi connectivity index (χ2v) is 6.55. The highest BCUT2D eigenvalue weighted by Crippen LogP contribution is 2.18. The quantitative estimate of drug-likeness (QED) is 0.643. The summed E-state index contributed by atoms with van der Waals surface area (Å²) in [6.45, 7) is 3.67. The van der Waals surface area contributed by atoms with Gasteiger partial charge in [-0.1, -0.05) is 31.5 Å². The molecule has 5 nitrogen and oxygen atoms in total. The van der Waals surface area contributed by atoms with Crippen molar-refractivity contribution in [3.63, 3.8) is 0 Å². The van der Waals surface area contributed by atoms with Crippen LogP contribution in [0.1, 0.15) is 35.7 Å². The van der Waals surface area contributed by atoms with Crippen molar-refractivity contribution in [1.29, 1.82) is 0 Å². The van der Waals surface area contributed by atoms with Crippen LogP contribution < -0.4 is 5.32 Å². The van der Waals surface area contributed by atoms with E-state index in [0.717, 1.165) is 43.7 Å². The molecule has 0 aliphatic heterocycles. The van der Waals surface area contributed by atoms with Crippen LogP contribution in [0.2, 0.25) is 0 Å². The van der Waals surface area contributed by atoms with Crippen LogP contribution >= 0.6 is 0 Å². The SMILES string of the molecule is CCCCN(C)C(=O)c1ccnc(NCCc2c[nH]c3ccccc23)c1. The summed E-state index contributed by atoms with van der Waals surface area (Å²) >= 11 is 0. The molecule has 0 spiro atoms. The first kappa shape index (κ1) is 18.0. The van der Waals surface area contributed by atoms with Gasteiger partial charge in [0.25, 0.3) is 5.91 Å². The second kappa shape index (κ2) is 8.52. The van der Waals surface area contributed by atoms with Crippen LogP contribution in [0, 0.1) is 0 Å². The molecule has 1 amide bonds. The highest BCUT2D eigenvalue weighted by atomic mass is 16.2. The Labute approximate surface area is 154 Å². The average Bonchev–Trinajstić information content (AvgIpc) is 3.09. The number of carbonyl (C=O) groups excluding carboxylic acids is 1. The molecule has 0 bridgehead atoms. The van der Waals surface area contributed by atoms with Crippen molar-refractivity contribution in [2.75, 3.05) is 25.5 Å². The van der Waals surface area contributed by atoms with Crippen LogP contribution in [0.4, 0.5) is 5.82 Å². The number of benzene rings is 1. The van der Waals surface area contributed by atoms with Crippen molar-refractivity contribution in [3.05, 3.63) is 59.9 Å². The minimum Gasteiger partial charge on any atom is -0.370 e. The predicted molar refractivity (Wildman–Crippen MR) is 107 cm³/mol. The first-order chi connectivity index (χ1) is 12.7. The van der Waals surface area contributed by atoms with Crippen LogP contribution in [-0.2, 0) is 6.42 Å². The first-order valence-electron chi connectivity index (χ1n) is 9.19. The maximum Gasteiger partial charge on any atom is 0.253 e. The van der Waals surface area contributed by atoms with E-state index in [1.807, 2.05) is 19.2 Å². The molecule has 0 atom stereocenters. The van der Waals surface area contributed by atoms with Gasteiger partial charge >= 0.3 is 0 Å². The van der Waals surface area contributed by atoms with E-state index in [-0.39, 0.29) is 5.91 Å². The molecular formula is C21H26N4O. The number of fused-ring (bicyclic) bond motifs is 1. The molecule has 1 aromatic carbocycles. The lowest BCUT2D eigenvalue weighted by molar-refractivity contribution is 0.0793. The number of aromatic amines is 1. The van der Waals surface area contributed by atoms with Crippen molar-refractivity contribution in [3.8, 4) is 0 Å². The molecule has 136 valence electrons. The third-order valence-corrected chi connectivity index (χ3v) is 4.58. The van der Waals surface area contributed by atoms with Crippen LogP contribution in [-0.4, -0.2) is 40.9 Å². The van der Waals surface area contributed by atoms with Gasteiger partial charge in [0.1, 0.15) is 5.82 Å². The number of unbranched alkanes of at least 4 members (excludes halogenated alkanes) is 1. The molecule has 2 aromatic heterocycles. The first-order valence-corrected chi connectivity index (χ1v) is 9.19. The summed E-state index contributed by atoms with van der Waals surface area (Å²) in [5.74, 6) is 0.778. The number of para-hydroxylation sites is 1. The summed E-state index contributed by atoms with van der Waals surface area (Å²) in [5, 5.41) is 4.58. The Morgan fingerprint density at radius 2 is 2.12 bits per heavy atom. The molecule has 0 radical (unpaired) electrons. The van der Waals surface area contributed by atoms with E-state index in [0.29, 0.717) is 5.56 Å². The monoisotopic (exact) mass is 350 g/mol. The molecule has 3 rings (SSSR count). The molecule has 3 aromatic rings. The molecule has 0 saturated heterocycles. The van der Waals surface area contributed by atoms with Gasteiger partial charge in [0, 0.05) is 49.0 Å². The van der Waals surface area contributed by atoms with Gasteiger partial charge < -0.3 is 15.2 Å². The fourth-order valence-corrected chi connectivity index (χ4v) is 3.04. The number of hydrogen-bond donors (Lipinski definition) is 2. The standard InChI is InChI=1S/C21H26N4O/c1-3-4-13-25(2)21(26)16-9-11-22-20(14-16)23-12-10-17-15-24-19-8-6-5-7-18(17)19/h5-9,11,14-15,24H,3-4,10,12-13H2,1-2H3,(H,22,23). The Kier molecular flexibility index (Phi) is 5.89. The van der Waals surface area contributed by atoms with Crippen molar-refractivity contribution in [1.82, 2.24) is 14.9 Å². The van der Waals surface area contributed by atoms with Gasteiger partial charge in [0.05, 0.1) is 0 Å². The summed E-state index contributed by atoms with van der Waals surface area (Å²) in [4.78, 5) is 21.9. The van der Waals surface area contributed by atoms with Gasteiger partial charge in [-0.2, -0.15) is 0 Å². The number of carbonyl (C=O) groups is 1. The van der Waals surface area contributed by atoms with Gasteiger partial charge in [-0.05, 0) is 36.6 Å². The Balaban J connectivity index is 1.59. The zero-order valence-corrected chi connectivity index (χ0v) is 15.5. The van der Waals surface area contributed by atoms with E-state index in [4.69, 9.17) is 0 Å². The minimum absolute atomic E-state index is 0.0422. The molecule has 2 heterocycles. The minimum atomic E-state index is 0.0422. The van der Waals surface area contributed by atoms with E-state index in [2.05, 4.69) is 46.6 Å². The van der Waals surface area contributed by atoms with Crippen LogP contribution in [0.25, 0.3) is 10.9 Å². The molecule has 26 heavy (non-hydrogen) atoms. The number of rotatable bonds is 8. The lowest BCUT2D eigenvalue weighted by Gasteiger charge is -2.17. The molecule has 0 saturated carbocycles. The Hall–Kier alpha value is -2.82. The number of H-pyrrole nitrogens is 1. The average molecular weight is 350 g/mol. The molecule has 0 aliphatic carbocycles. The zero-order valence-electron chi connectivity index (χ0n) is 15.5. The van der Waals surface area contributed by atoms with E-state index in [9.17, 15) is 4.79 Å². The van der Waals surface area contributed by atoms with Gasteiger partial charge in [-0.15, -0.1) is 0 Å². The lowest BCUT2D eigenvalue weighted by atomic mass is 10.1. The summed E-state index contributed by atoms with van der Waals surface area (Å²) < 4.78 is 0. The number of pyridine rings is 1. The smallest absolute Gasteiger partial charge is 0.253 e. The zero-order chi connectivity index (χ0) is 18.4. The van der Waals surface area contributed by atoms with Crippen LogP contribution in [0.5, 0.6) is 0 Å². The molecule has 0 fully saturated rings. The largest absolute Gasteiger partial charge is 0.370 e. The number of nitrogens with zero attached hydrogens (tertiary/aromatic N) is 2. The van der Waals surface area contributed by atoms with E-state index in [1.165, 1.54) is 10.9 Å². The Bertz CT molecular complexity index is 871. The third-order valence-electron chi connectivity index (χ3n) is 4.58. The van der Waals surface area contributed by atoms with Crippen molar-refractivity contribution in [2.45, 2.75) is 26.2 Å². The number of aromatic nitrogens is 2. The predicted octanol–water partition coefficient (Wildman–Crippen LogP) is 4.09. The highest BCUT2D eigenvalue weighted by molar-refractivity contribution is 5.94. The number of hydrogen-bond acceptors (Lipinski definition) is 3. The lowest BCUT2D eigenvalue weighted by Crippen LogP contribution is -2.27. The van der Waals surface area contributed by atoms with Crippen LogP contribution in [0.3, 0.4) is 0 Å². The summed E-state index contributed by atoms with van der Waals surface area (Å²) in [6.07, 6.45) is 6.73. The molecular weight excluding hydrogens is 324 g/mol. The van der Waals surface area contributed by atoms with E-state index in [1.54, 1.807) is 17.2 Å². The maximum absolute atomic E-state index is 12.5. The normalized spacial score (nSPS) is 10.8. The number of amides is 1. The van der Waals surface area contributed by atoms with Crippen LogP contribution in [0.15, 0.2) is 48.8 Å². The Morgan fingerprint density at radius 1 is 1.27 bits per heavy atom. The molecule has 5 heteroatoms. The maximum atomic E-state index is 12.5. The van der Waals surface area contributed by atoms with E-state index < -0.39 is 0 Å². The third kappa shape index (κ3) is 4.23. The van der Waals surface area contributed by atoms with Gasteiger partial charge in [-0.25, -0.2) is 4.98 Å². The van der Waals surface area contributed by atoms with Gasteiger partial charge in [0.15, 0.2) is 0 Å². The van der Waals surface area contributed by atoms with Crippen molar-refractivity contribution < 1.29 is 4.79 Å². The van der Waals surface area contributed by atoms with Gasteiger partial charge in [-0.3, -0.25) is 4.79 Å². The highest BCUT2D eigenvalue weighted by Gasteiger charge is 2.12. The van der Waals surface area contributed by atoms with E-state index >= 15 is 0 Å². The fourth-order valence-electron chi connectivity index (χ4n) is 3.04. The number of anilines is 1. The Morgan fingerprint density at radius 3 is 2.96 bits per heavy atom. The molecule has 2 N–H and O–H groups in total.